The SMILES string of the molecule is Cc1noc(C)c1CC(=O)N[C@@H](C)C(=O)OC(C)(C)C. The summed E-state index contributed by atoms with van der Waals surface area (Å²) in [6.07, 6.45) is 0.133. The van der Waals surface area contributed by atoms with Gasteiger partial charge in [-0.2, -0.15) is 0 Å². The number of hydrogen-bond donors (Lipinski definition) is 1. The van der Waals surface area contributed by atoms with E-state index in [1.54, 1.807) is 41.5 Å². The smallest absolute Gasteiger partial charge is 0.328 e. The minimum atomic E-state index is -0.692. The lowest BCUT2D eigenvalue weighted by molar-refractivity contribution is -0.158. The number of aryl methyl sites for hydroxylation is 2. The van der Waals surface area contributed by atoms with Crippen LogP contribution in [0.25, 0.3) is 0 Å². The minimum Gasteiger partial charge on any atom is -0.458 e. The Balaban J connectivity index is 2.56. The van der Waals surface area contributed by atoms with E-state index < -0.39 is 17.6 Å². The minimum absolute atomic E-state index is 0.133. The number of ether oxygens (including phenoxy) is 1. The van der Waals surface area contributed by atoms with E-state index in [4.69, 9.17) is 9.26 Å². The summed E-state index contributed by atoms with van der Waals surface area (Å²) in [5, 5.41) is 6.40. The third kappa shape index (κ3) is 4.68. The molecule has 1 aromatic heterocycles. The Labute approximate surface area is 118 Å². The zero-order valence-electron chi connectivity index (χ0n) is 12.9. The first-order valence-corrected chi connectivity index (χ1v) is 6.54. The van der Waals surface area contributed by atoms with Crippen LogP contribution in [0.4, 0.5) is 0 Å². The van der Waals surface area contributed by atoms with E-state index in [-0.39, 0.29) is 12.3 Å². The quantitative estimate of drug-likeness (QED) is 0.850. The summed E-state index contributed by atoms with van der Waals surface area (Å²) in [5.74, 6) is -0.107. The van der Waals surface area contributed by atoms with Gasteiger partial charge in [-0.05, 0) is 41.5 Å². The summed E-state index contributed by atoms with van der Waals surface area (Å²) in [6.45, 7) is 10.5. The highest BCUT2D eigenvalue weighted by Crippen LogP contribution is 2.13. The highest BCUT2D eigenvalue weighted by molar-refractivity contribution is 5.85. The molecule has 1 atom stereocenters. The molecule has 0 radical (unpaired) electrons. The maximum absolute atomic E-state index is 11.9. The van der Waals surface area contributed by atoms with Gasteiger partial charge in [-0.3, -0.25) is 4.79 Å². The van der Waals surface area contributed by atoms with E-state index in [1.807, 2.05) is 0 Å². The molecule has 0 aliphatic heterocycles. The lowest BCUT2D eigenvalue weighted by Gasteiger charge is -2.22. The molecule has 0 unspecified atom stereocenters. The summed E-state index contributed by atoms with van der Waals surface area (Å²) in [4.78, 5) is 23.7. The van der Waals surface area contributed by atoms with Gasteiger partial charge < -0.3 is 14.6 Å². The van der Waals surface area contributed by atoms with Gasteiger partial charge in [0.15, 0.2) is 0 Å². The van der Waals surface area contributed by atoms with Crippen molar-refractivity contribution < 1.29 is 18.8 Å². The monoisotopic (exact) mass is 282 g/mol. The third-order valence-electron chi connectivity index (χ3n) is 2.66. The first kappa shape index (κ1) is 16.2. The van der Waals surface area contributed by atoms with Crippen molar-refractivity contribution in [1.29, 1.82) is 0 Å². The number of aromatic nitrogens is 1. The maximum atomic E-state index is 11.9. The number of carbonyl (C=O) groups is 2. The predicted molar refractivity (Wildman–Crippen MR) is 73.1 cm³/mol. The molecule has 1 amide bonds. The van der Waals surface area contributed by atoms with Crippen molar-refractivity contribution in [2.24, 2.45) is 0 Å². The maximum Gasteiger partial charge on any atom is 0.328 e. The molecule has 1 N–H and O–H groups in total. The highest BCUT2D eigenvalue weighted by atomic mass is 16.6. The number of carbonyl (C=O) groups excluding carboxylic acids is 2. The standard InChI is InChI=1S/C14H22N2O4/c1-8-11(10(3)20-16-8)7-12(17)15-9(2)13(18)19-14(4,5)6/h9H,7H2,1-6H3,(H,15,17)/t9-/m0/s1. The van der Waals surface area contributed by atoms with Crippen LogP contribution in [-0.4, -0.2) is 28.7 Å². The zero-order chi connectivity index (χ0) is 15.5. The van der Waals surface area contributed by atoms with Crippen LogP contribution in [0, 0.1) is 13.8 Å². The largest absolute Gasteiger partial charge is 0.458 e. The van der Waals surface area contributed by atoms with E-state index in [1.165, 1.54) is 0 Å². The fraction of sp³-hybridized carbons (Fsp3) is 0.643. The molecule has 20 heavy (non-hydrogen) atoms. The molecule has 0 bridgehead atoms. The Hall–Kier alpha value is -1.85. The lowest BCUT2D eigenvalue weighted by atomic mass is 10.1. The summed E-state index contributed by atoms with van der Waals surface area (Å²) in [5.41, 5.74) is 0.860. The van der Waals surface area contributed by atoms with Crippen LogP contribution in [0.5, 0.6) is 0 Å². The zero-order valence-corrected chi connectivity index (χ0v) is 12.9. The Kier molecular flexibility index (Phi) is 4.92. The first-order chi connectivity index (χ1) is 9.10. The second-order valence-corrected chi connectivity index (χ2v) is 5.80. The van der Waals surface area contributed by atoms with Gasteiger partial charge in [-0.25, -0.2) is 4.79 Å². The van der Waals surface area contributed by atoms with E-state index >= 15 is 0 Å². The highest BCUT2D eigenvalue weighted by Gasteiger charge is 2.23. The molecule has 1 heterocycles. The molecular weight excluding hydrogens is 260 g/mol. The first-order valence-electron chi connectivity index (χ1n) is 6.54. The number of rotatable bonds is 4. The van der Waals surface area contributed by atoms with Gasteiger partial charge >= 0.3 is 5.97 Å². The van der Waals surface area contributed by atoms with Crippen LogP contribution >= 0.6 is 0 Å². The fourth-order valence-corrected chi connectivity index (χ4v) is 1.66. The van der Waals surface area contributed by atoms with Gasteiger partial charge in [0.25, 0.3) is 0 Å². The molecule has 0 aliphatic carbocycles. The average molecular weight is 282 g/mol. The van der Waals surface area contributed by atoms with Gasteiger partial charge in [0, 0.05) is 5.56 Å². The van der Waals surface area contributed by atoms with Gasteiger partial charge in [0.05, 0.1) is 12.1 Å². The molecular formula is C14H22N2O4. The van der Waals surface area contributed by atoms with Gasteiger partial charge in [-0.1, -0.05) is 5.16 Å². The van der Waals surface area contributed by atoms with Crippen molar-refractivity contribution in [2.45, 2.75) is 59.6 Å². The predicted octanol–water partition coefficient (Wildman–Crippen LogP) is 1.68. The summed E-state index contributed by atoms with van der Waals surface area (Å²) < 4.78 is 10.2. The van der Waals surface area contributed by atoms with Crippen molar-refractivity contribution >= 4 is 11.9 Å². The molecule has 112 valence electrons. The third-order valence-corrected chi connectivity index (χ3v) is 2.66. The molecule has 1 aromatic rings. The van der Waals surface area contributed by atoms with Gasteiger partial charge in [0.1, 0.15) is 17.4 Å². The molecule has 0 fully saturated rings. The van der Waals surface area contributed by atoms with Crippen molar-refractivity contribution in [2.75, 3.05) is 0 Å². The molecule has 0 aromatic carbocycles. The van der Waals surface area contributed by atoms with Crippen molar-refractivity contribution in [3.8, 4) is 0 Å². The van der Waals surface area contributed by atoms with Crippen LogP contribution in [-0.2, 0) is 20.7 Å². The Bertz CT molecular complexity index is 480. The number of esters is 1. The van der Waals surface area contributed by atoms with Gasteiger partial charge in [0.2, 0.25) is 5.91 Å². The molecule has 6 heteroatoms. The molecule has 0 spiro atoms. The second-order valence-electron chi connectivity index (χ2n) is 5.80. The van der Waals surface area contributed by atoms with Crippen LogP contribution in [0.1, 0.15) is 44.7 Å². The number of nitrogens with one attached hydrogen (secondary N) is 1. The van der Waals surface area contributed by atoms with E-state index in [0.717, 1.165) is 5.56 Å². The molecule has 0 saturated carbocycles. The van der Waals surface area contributed by atoms with Gasteiger partial charge in [-0.15, -0.1) is 0 Å². The fourth-order valence-electron chi connectivity index (χ4n) is 1.66. The summed E-state index contributed by atoms with van der Waals surface area (Å²) >= 11 is 0. The molecule has 0 saturated heterocycles. The van der Waals surface area contributed by atoms with E-state index in [2.05, 4.69) is 10.5 Å². The summed E-state index contributed by atoms with van der Waals surface area (Å²) in [6, 6.07) is -0.692. The second kappa shape index (κ2) is 6.07. The van der Waals surface area contributed by atoms with E-state index in [9.17, 15) is 9.59 Å². The molecule has 1 rings (SSSR count). The van der Waals surface area contributed by atoms with Crippen molar-refractivity contribution in [1.82, 2.24) is 10.5 Å². The lowest BCUT2D eigenvalue weighted by Crippen LogP contribution is -2.42. The van der Waals surface area contributed by atoms with Crippen LogP contribution < -0.4 is 5.32 Å². The van der Waals surface area contributed by atoms with Crippen LogP contribution in [0.2, 0.25) is 0 Å². The van der Waals surface area contributed by atoms with Crippen LogP contribution in [0.3, 0.4) is 0 Å². The summed E-state index contributed by atoms with van der Waals surface area (Å²) in [7, 11) is 0. The molecule has 6 nitrogen and oxygen atoms in total. The number of hydrogen-bond acceptors (Lipinski definition) is 5. The Morgan fingerprint density at radius 3 is 2.40 bits per heavy atom. The number of nitrogens with zero attached hydrogens (tertiary/aromatic N) is 1. The topological polar surface area (TPSA) is 81.4 Å². The average Bonchev–Trinajstić information content (AvgIpc) is 2.58. The van der Waals surface area contributed by atoms with Crippen molar-refractivity contribution in [3.05, 3.63) is 17.0 Å². The normalized spacial score (nSPS) is 12.9. The Morgan fingerprint density at radius 1 is 1.35 bits per heavy atom. The molecule has 0 aliphatic rings. The van der Waals surface area contributed by atoms with Crippen molar-refractivity contribution in [3.63, 3.8) is 0 Å². The van der Waals surface area contributed by atoms with E-state index in [0.29, 0.717) is 11.5 Å². The van der Waals surface area contributed by atoms with Crippen LogP contribution in [0.15, 0.2) is 4.52 Å². The Morgan fingerprint density at radius 2 is 1.95 bits per heavy atom. The number of amides is 1.